The van der Waals surface area contributed by atoms with Crippen LogP contribution in [0, 0.1) is 11.3 Å². The summed E-state index contributed by atoms with van der Waals surface area (Å²) in [6, 6.07) is 2.87. The van der Waals surface area contributed by atoms with E-state index in [-0.39, 0.29) is 0 Å². The Kier molecular flexibility index (Phi) is 5.69. The van der Waals surface area contributed by atoms with Gasteiger partial charge in [0.05, 0.1) is 19.2 Å². The molecule has 0 bridgehead atoms. The Bertz CT molecular complexity index is 151. The maximum atomic E-state index is 8.57. The Hall–Kier alpha value is -0.590. The highest BCUT2D eigenvalue weighted by atomic mass is 16.5. The molecule has 0 saturated heterocycles. The average molecular weight is 170 g/mol. The van der Waals surface area contributed by atoms with Crippen molar-refractivity contribution in [3.8, 4) is 6.07 Å². The Morgan fingerprint density at radius 1 is 1.42 bits per heavy atom. The zero-order valence-electron chi connectivity index (χ0n) is 8.37. The molecule has 3 heteroatoms. The first-order valence-electron chi connectivity index (χ1n) is 4.25. The number of nitriles is 1. The van der Waals surface area contributed by atoms with Crippen molar-refractivity contribution >= 4 is 0 Å². The van der Waals surface area contributed by atoms with Crippen molar-refractivity contribution in [3.05, 3.63) is 0 Å². The van der Waals surface area contributed by atoms with E-state index in [2.05, 4.69) is 31.7 Å². The first-order chi connectivity index (χ1) is 5.63. The van der Waals surface area contributed by atoms with Crippen LogP contribution < -0.4 is 0 Å². The van der Waals surface area contributed by atoms with Gasteiger partial charge in [0.1, 0.15) is 0 Å². The smallest absolute Gasteiger partial charge is 0.0871 e. The van der Waals surface area contributed by atoms with Crippen LogP contribution in [-0.2, 0) is 4.74 Å². The van der Waals surface area contributed by atoms with Crippen LogP contribution >= 0.6 is 0 Å². The van der Waals surface area contributed by atoms with E-state index in [1.165, 1.54) is 0 Å². The molecule has 0 N–H and O–H groups in total. The molecule has 0 aliphatic rings. The van der Waals surface area contributed by atoms with Crippen molar-refractivity contribution in [2.75, 3.05) is 20.3 Å². The maximum Gasteiger partial charge on any atom is 0.0871 e. The number of hydrogen-bond acceptors (Lipinski definition) is 3. The van der Waals surface area contributed by atoms with Gasteiger partial charge in [0.15, 0.2) is 0 Å². The van der Waals surface area contributed by atoms with Gasteiger partial charge in [-0.15, -0.1) is 0 Å². The number of methoxy groups -OCH3 is 1. The summed E-state index contributed by atoms with van der Waals surface area (Å²) >= 11 is 0. The molecule has 0 aliphatic heterocycles. The molecule has 1 unspecified atom stereocenters. The quantitative estimate of drug-likeness (QED) is 0.583. The van der Waals surface area contributed by atoms with Gasteiger partial charge in [-0.2, -0.15) is 5.26 Å². The first-order valence-corrected chi connectivity index (χ1v) is 4.25. The number of rotatable bonds is 5. The summed E-state index contributed by atoms with van der Waals surface area (Å²) in [6.45, 7) is 7.40. The average Bonchev–Trinajstić information content (AvgIpc) is 1.99. The fourth-order valence-electron chi connectivity index (χ4n) is 1.27. The van der Waals surface area contributed by atoms with Crippen molar-refractivity contribution in [2.24, 2.45) is 0 Å². The van der Waals surface area contributed by atoms with Gasteiger partial charge >= 0.3 is 0 Å². The summed E-state index contributed by atoms with van der Waals surface area (Å²) in [6.07, 6.45) is 0. The normalized spacial score (nSPS) is 13.4. The predicted molar refractivity (Wildman–Crippen MR) is 48.8 cm³/mol. The Morgan fingerprint density at radius 3 is 2.33 bits per heavy atom. The van der Waals surface area contributed by atoms with E-state index < -0.39 is 0 Å². The van der Waals surface area contributed by atoms with Crippen LogP contribution in [-0.4, -0.2) is 37.2 Å². The molecule has 0 aromatic rings. The number of hydrogen-bond donors (Lipinski definition) is 0. The van der Waals surface area contributed by atoms with Gasteiger partial charge in [0.2, 0.25) is 0 Å². The van der Waals surface area contributed by atoms with Crippen LogP contribution in [0.4, 0.5) is 0 Å². The minimum atomic E-state index is 0.314. The third-order valence-corrected chi connectivity index (χ3v) is 1.89. The summed E-state index contributed by atoms with van der Waals surface area (Å²) < 4.78 is 5.03. The van der Waals surface area contributed by atoms with Gasteiger partial charge in [-0.25, -0.2) is 0 Å². The van der Waals surface area contributed by atoms with Gasteiger partial charge in [0.25, 0.3) is 0 Å². The molecule has 12 heavy (non-hydrogen) atoms. The zero-order chi connectivity index (χ0) is 9.56. The lowest BCUT2D eigenvalue weighted by atomic mass is 10.2. The highest BCUT2D eigenvalue weighted by Crippen LogP contribution is 2.04. The largest absolute Gasteiger partial charge is 0.383 e. The Labute approximate surface area is 74.9 Å². The lowest BCUT2D eigenvalue weighted by molar-refractivity contribution is 0.0892. The number of ether oxygens (including phenoxy) is 1. The minimum Gasteiger partial charge on any atom is -0.383 e. The third kappa shape index (κ3) is 3.70. The van der Waals surface area contributed by atoms with Gasteiger partial charge in [0, 0.05) is 19.2 Å². The lowest BCUT2D eigenvalue weighted by Gasteiger charge is -2.29. The zero-order valence-corrected chi connectivity index (χ0v) is 8.37. The highest BCUT2D eigenvalue weighted by molar-refractivity contribution is 4.81. The maximum absolute atomic E-state index is 8.57. The molecular formula is C9H18N2O. The third-order valence-electron chi connectivity index (χ3n) is 1.89. The Balaban J connectivity index is 4.01. The summed E-state index contributed by atoms with van der Waals surface area (Å²) in [5, 5.41) is 8.57. The van der Waals surface area contributed by atoms with Gasteiger partial charge in [-0.05, 0) is 20.8 Å². The first kappa shape index (κ1) is 11.4. The fourth-order valence-corrected chi connectivity index (χ4v) is 1.27. The Morgan fingerprint density at radius 2 is 2.00 bits per heavy atom. The van der Waals surface area contributed by atoms with Crippen LogP contribution in [0.5, 0.6) is 0 Å². The van der Waals surface area contributed by atoms with Crippen LogP contribution in [0.2, 0.25) is 0 Å². The molecule has 0 aromatic carbocycles. The second kappa shape index (κ2) is 5.99. The molecule has 0 fully saturated rings. The molecule has 0 saturated carbocycles. The lowest BCUT2D eigenvalue weighted by Crippen LogP contribution is -2.41. The van der Waals surface area contributed by atoms with Crippen molar-refractivity contribution < 1.29 is 4.74 Å². The highest BCUT2D eigenvalue weighted by Gasteiger charge is 2.15. The summed E-state index contributed by atoms with van der Waals surface area (Å²) in [5.41, 5.74) is 0. The van der Waals surface area contributed by atoms with Gasteiger partial charge in [-0.3, -0.25) is 4.90 Å². The van der Waals surface area contributed by atoms with Crippen LogP contribution in [0.3, 0.4) is 0 Å². The van der Waals surface area contributed by atoms with Gasteiger partial charge in [-0.1, -0.05) is 0 Å². The molecule has 3 nitrogen and oxygen atoms in total. The molecule has 70 valence electrons. The molecular weight excluding hydrogens is 152 g/mol. The molecule has 0 aromatic heterocycles. The van der Waals surface area contributed by atoms with E-state index in [9.17, 15) is 0 Å². The molecule has 0 heterocycles. The predicted octanol–water partition coefficient (Wildman–Crippen LogP) is 1.26. The summed E-state index contributed by atoms with van der Waals surface area (Å²) in [5.74, 6) is 0. The summed E-state index contributed by atoms with van der Waals surface area (Å²) in [4.78, 5) is 2.11. The van der Waals surface area contributed by atoms with E-state index in [4.69, 9.17) is 10.00 Å². The van der Waals surface area contributed by atoms with Crippen molar-refractivity contribution in [1.82, 2.24) is 4.90 Å². The van der Waals surface area contributed by atoms with Crippen LogP contribution in [0.15, 0.2) is 0 Å². The van der Waals surface area contributed by atoms with E-state index in [1.807, 2.05) is 0 Å². The number of nitrogens with zero attached hydrogens (tertiary/aromatic N) is 2. The standard InChI is InChI=1S/C9H18N2O/c1-8(2)11(6-5-10)9(3)7-12-4/h8-9H,6-7H2,1-4H3. The monoisotopic (exact) mass is 170 g/mol. The van der Waals surface area contributed by atoms with Crippen LogP contribution in [0.25, 0.3) is 0 Å². The van der Waals surface area contributed by atoms with E-state index in [1.54, 1.807) is 7.11 Å². The molecule has 0 amide bonds. The van der Waals surface area contributed by atoms with E-state index in [0.29, 0.717) is 25.2 Å². The summed E-state index contributed by atoms with van der Waals surface area (Å²) in [7, 11) is 1.68. The fraction of sp³-hybridized carbons (Fsp3) is 0.889. The molecule has 0 spiro atoms. The topological polar surface area (TPSA) is 36.3 Å². The molecule has 0 radical (unpaired) electrons. The van der Waals surface area contributed by atoms with E-state index in [0.717, 1.165) is 0 Å². The van der Waals surface area contributed by atoms with E-state index >= 15 is 0 Å². The van der Waals surface area contributed by atoms with Crippen LogP contribution in [0.1, 0.15) is 20.8 Å². The molecule has 0 rings (SSSR count). The SMILES string of the molecule is COCC(C)N(CC#N)C(C)C. The van der Waals surface area contributed by atoms with Crippen molar-refractivity contribution in [2.45, 2.75) is 32.9 Å². The van der Waals surface area contributed by atoms with Gasteiger partial charge < -0.3 is 4.74 Å². The van der Waals surface area contributed by atoms with Crippen molar-refractivity contribution in [3.63, 3.8) is 0 Å². The minimum absolute atomic E-state index is 0.314. The van der Waals surface area contributed by atoms with Crippen molar-refractivity contribution in [1.29, 1.82) is 5.26 Å². The second-order valence-corrected chi connectivity index (χ2v) is 3.23. The molecule has 0 aliphatic carbocycles. The second-order valence-electron chi connectivity index (χ2n) is 3.23. The molecule has 1 atom stereocenters.